The van der Waals surface area contributed by atoms with Gasteiger partial charge in [-0.2, -0.15) is 0 Å². The van der Waals surface area contributed by atoms with Gasteiger partial charge in [-0.1, -0.05) is 72.8 Å². The second kappa shape index (κ2) is 14.1. The molecule has 1 saturated heterocycles. The summed E-state index contributed by atoms with van der Waals surface area (Å²) >= 11 is 0. The monoisotopic (exact) mass is 674 g/mol. The number of fused-ring (bicyclic) bond motifs is 1. The number of anilines is 1. The van der Waals surface area contributed by atoms with Gasteiger partial charge < -0.3 is 29.4 Å². The van der Waals surface area contributed by atoms with E-state index in [9.17, 15) is 9.90 Å². The van der Waals surface area contributed by atoms with Crippen molar-refractivity contribution in [3.05, 3.63) is 150 Å². The van der Waals surface area contributed by atoms with E-state index in [1.54, 1.807) is 44.6 Å². The topological polar surface area (TPSA) is 117 Å². The number of methoxy groups -OCH3 is 2. The van der Waals surface area contributed by atoms with Crippen LogP contribution in [0, 0.1) is 0 Å². The number of aliphatic hydroxyl groups is 1. The van der Waals surface area contributed by atoms with Crippen LogP contribution in [0.1, 0.15) is 33.3 Å². The molecule has 0 unspecified atom stereocenters. The van der Waals surface area contributed by atoms with Gasteiger partial charge in [0.05, 0.1) is 32.8 Å². The number of alkyl halides is 1. The Morgan fingerprint density at radius 2 is 1.42 bits per heavy atom. The van der Waals surface area contributed by atoms with Gasteiger partial charge in [-0.15, -0.1) is 0 Å². The zero-order chi connectivity index (χ0) is 34.7. The van der Waals surface area contributed by atoms with Crippen molar-refractivity contribution in [2.45, 2.75) is 30.2 Å². The second-order valence-corrected chi connectivity index (χ2v) is 11.8. The van der Waals surface area contributed by atoms with Crippen molar-refractivity contribution in [2.24, 2.45) is 0 Å². The highest BCUT2D eigenvalue weighted by atomic mass is 19.1. The van der Waals surface area contributed by atoms with Crippen molar-refractivity contribution in [1.29, 1.82) is 0 Å². The Morgan fingerprint density at radius 3 is 2.02 bits per heavy atom. The van der Waals surface area contributed by atoms with Crippen LogP contribution in [-0.4, -0.2) is 64.8 Å². The number of amides is 1. The fourth-order valence-corrected chi connectivity index (χ4v) is 6.35. The molecule has 2 aromatic heterocycles. The van der Waals surface area contributed by atoms with Gasteiger partial charge in [-0.25, -0.2) is 14.4 Å². The van der Waals surface area contributed by atoms with Gasteiger partial charge in [0.1, 0.15) is 34.8 Å². The fourth-order valence-electron chi connectivity index (χ4n) is 6.35. The van der Waals surface area contributed by atoms with Crippen molar-refractivity contribution in [3.8, 4) is 11.5 Å². The maximum atomic E-state index is 16.0. The zero-order valence-electron chi connectivity index (χ0n) is 27.3. The van der Waals surface area contributed by atoms with E-state index in [1.807, 2.05) is 84.9 Å². The normalized spacial score (nSPS) is 19.0. The lowest BCUT2D eigenvalue weighted by molar-refractivity contribution is -0.0935. The van der Waals surface area contributed by atoms with E-state index in [0.29, 0.717) is 28.3 Å². The van der Waals surface area contributed by atoms with Crippen LogP contribution in [0.3, 0.4) is 0 Å². The summed E-state index contributed by atoms with van der Waals surface area (Å²) in [5.41, 5.74) is 2.70. The number of halogens is 1. The molecule has 2 N–H and O–H groups in total. The molecule has 254 valence electrons. The smallest absolute Gasteiger partial charge is 0.255 e. The average molecular weight is 675 g/mol. The molecule has 0 saturated carbocycles. The summed E-state index contributed by atoms with van der Waals surface area (Å²) in [6.07, 6.45) is -2.79. The third-order valence-corrected chi connectivity index (χ3v) is 8.95. The molecule has 7 rings (SSSR count). The molecule has 1 aliphatic rings. The van der Waals surface area contributed by atoms with Crippen LogP contribution < -0.4 is 14.8 Å². The van der Waals surface area contributed by atoms with Crippen LogP contribution in [0.4, 0.5) is 10.1 Å². The summed E-state index contributed by atoms with van der Waals surface area (Å²) in [7, 11) is 3.20. The number of nitrogens with zero attached hydrogens (tertiary/aromatic N) is 3. The van der Waals surface area contributed by atoms with Crippen LogP contribution in [0.2, 0.25) is 0 Å². The molecule has 1 aliphatic heterocycles. The Morgan fingerprint density at radius 1 is 0.840 bits per heavy atom. The SMILES string of the molecule is COc1ccc(C(OC[C@H]2O[C@@H](n3cnc4c(NC(=O)c5ccccc5)ccnc43)[C@@H](F)[C@@H]2O)(c2ccccc2)c2ccc(OC)cc2)cc1. The van der Waals surface area contributed by atoms with E-state index in [-0.39, 0.29) is 18.2 Å². The minimum atomic E-state index is -1.83. The minimum absolute atomic E-state index is 0.177. The van der Waals surface area contributed by atoms with E-state index >= 15 is 4.39 Å². The summed E-state index contributed by atoms with van der Waals surface area (Å²) in [6, 6.07) is 35.1. The maximum absolute atomic E-state index is 16.0. The Kier molecular flexibility index (Phi) is 9.27. The Bertz CT molecular complexity index is 2010. The quantitative estimate of drug-likeness (QED) is 0.154. The molecular weight excluding hydrogens is 639 g/mol. The first-order valence-corrected chi connectivity index (χ1v) is 16.1. The molecule has 1 amide bonds. The van der Waals surface area contributed by atoms with Gasteiger partial charge in [0.15, 0.2) is 18.0 Å². The molecule has 1 fully saturated rings. The largest absolute Gasteiger partial charge is 0.497 e. The maximum Gasteiger partial charge on any atom is 0.255 e. The molecule has 0 bridgehead atoms. The number of benzene rings is 4. The number of carbonyl (C=O) groups is 1. The van der Waals surface area contributed by atoms with E-state index in [2.05, 4.69) is 15.3 Å². The molecule has 11 heteroatoms. The number of rotatable bonds is 11. The average Bonchev–Trinajstić information content (AvgIpc) is 3.73. The van der Waals surface area contributed by atoms with Crippen molar-refractivity contribution in [1.82, 2.24) is 14.5 Å². The van der Waals surface area contributed by atoms with Crippen LogP contribution in [0.5, 0.6) is 11.5 Å². The molecule has 50 heavy (non-hydrogen) atoms. The highest BCUT2D eigenvalue weighted by molar-refractivity contribution is 6.07. The third kappa shape index (κ3) is 6.07. The van der Waals surface area contributed by atoms with Crippen LogP contribution in [0.25, 0.3) is 11.2 Å². The number of aromatic nitrogens is 3. The molecule has 4 atom stereocenters. The summed E-state index contributed by atoms with van der Waals surface area (Å²) in [6.45, 7) is -0.177. The number of carbonyl (C=O) groups excluding carboxylic acids is 1. The van der Waals surface area contributed by atoms with Gasteiger partial charge in [0.2, 0.25) is 0 Å². The van der Waals surface area contributed by atoms with E-state index in [0.717, 1.165) is 16.7 Å². The van der Waals surface area contributed by atoms with Crippen molar-refractivity contribution in [3.63, 3.8) is 0 Å². The lowest BCUT2D eigenvalue weighted by Crippen LogP contribution is -2.39. The number of aliphatic hydroxyl groups excluding tert-OH is 1. The summed E-state index contributed by atoms with van der Waals surface area (Å²) in [5.74, 6) is 1.02. The van der Waals surface area contributed by atoms with Gasteiger partial charge >= 0.3 is 0 Å². The van der Waals surface area contributed by atoms with Crippen molar-refractivity contribution < 1.29 is 33.2 Å². The van der Waals surface area contributed by atoms with Crippen LogP contribution in [-0.2, 0) is 15.1 Å². The highest BCUT2D eigenvalue weighted by Crippen LogP contribution is 2.43. The number of hydrogen-bond acceptors (Lipinski definition) is 8. The molecule has 0 aliphatic carbocycles. The fraction of sp³-hybridized carbons (Fsp3) is 0.205. The number of ether oxygens (including phenoxy) is 4. The third-order valence-electron chi connectivity index (χ3n) is 8.95. The van der Waals surface area contributed by atoms with Gasteiger partial charge in [-0.3, -0.25) is 9.36 Å². The molecule has 4 aromatic carbocycles. The summed E-state index contributed by atoms with van der Waals surface area (Å²) in [4.78, 5) is 21.7. The van der Waals surface area contributed by atoms with Crippen LogP contribution >= 0.6 is 0 Å². The Hall–Kier alpha value is -5.62. The van der Waals surface area contributed by atoms with Crippen molar-refractivity contribution in [2.75, 3.05) is 26.1 Å². The first-order valence-electron chi connectivity index (χ1n) is 16.1. The molecule has 3 heterocycles. The lowest BCUT2D eigenvalue weighted by Gasteiger charge is -2.37. The Balaban J connectivity index is 1.20. The van der Waals surface area contributed by atoms with Crippen LogP contribution in [0.15, 0.2) is 128 Å². The predicted octanol–water partition coefficient (Wildman–Crippen LogP) is 6.31. The lowest BCUT2D eigenvalue weighted by atomic mass is 9.80. The molecular formula is C39H35FN4O6. The van der Waals surface area contributed by atoms with E-state index < -0.39 is 30.2 Å². The standard InChI is InChI=1S/C39H35FN4O6/c1-47-29-17-13-27(14-18-29)39(26-11-7-4-8-12-26,28-15-19-30(48-2)20-16-28)49-23-32-35(45)33(40)38(50-32)44-24-42-34-31(21-22-41-36(34)44)43-37(46)25-9-5-3-6-10-25/h3-22,24,32-33,35,38,45H,23H2,1-2H3,(H,41,43,46)/t32-,33+,35-,38-/m1/s1. The number of pyridine rings is 1. The first-order chi connectivity index (χ1) is 24.4. The number of nitrogens with one attached hydrogen (secondary N) is 1. The van der Waals surface area contributed by atoms with Crippen molar-refractivity contribution >= 4 is 22.8 Å². The molecule has 6 aromatic rings. The summed E-state index contributed by atoms with van der Waals surface area (Å²) < 4.78 is 41.4. The number of imidazole rings is 1. The molecule has 0 radical (unpaired) electrons. The van der Waals surface area contributed by atoms with E-state index in [4.69, 9.17) is 18.9 Å². The first kappa shape index (κ1) is 32.9. The van der Waals surface area contributed by atoms with Gasteiger partial charge in [-0.05, 0) is 59.2 Å². The zero-order valence-corrected chi connectivity index (χ0v) is 27.3. The minimum Gasteiger partial charge on any atom is -0.497 e. The molecule has 0 spiro atoms. The van der Waals surface area contributed by atoms with Gasteiger partial charge in [0, 0.05) is 11.8 Å². The molecule has 10 nitrogen and oxygen atoms in total. The summed E-state index contributed by atoms with van der Waals surface area (Å²) in [5, 5.41) is 14.1. The second-order valence-electron chi connectivity index (χ2n) is 11.8. The van der Waals surface area contributed by atoms with E-state index in [1.165, 1.54) is 17.1 Å². The van der Waals surface area contributed by atoms with Gasteiger partial charge in [0.25, 0.3) is 5.91 Å². The Labute approximate surface area is 288 Å². The number of hydrogen-bond donors (Lipinski definition) is 2. The highest BCUT2D eigenvalue weighted by Gasteiger charge is 2.48. The predicted molar refractivity (Wildman–Crippen MR) is 185 cm³/mol.